The average molecular weight is 616 g/mol. The fraction of sp³-hybridized carbons (Fsp3) is 0.714. The summed E-state index contributed by atoms with van der Waals surface area (Å²) in [6.07, 6.45) is 9.70. The number of terminal acetylenes is 1. The van der Waals surface area contributed by atoms with Gasteiger partial charge in [-0.05, 0) is 25.8 Å². The molecule has 1 amide bonds. The molecule has 2 aromatic rings. The van der Waals surface area contributed by atoms with Crippen molar-refractivity contribution >= 4 is 23.8 Å². The Morgan fingerprint density at radius 1 is 0.932 bits per heavy atom. The van der Waals surface area contributed by atoms with Crippen molar-refractivity contribution in [2.45, 2.75) is 25.8 Å². The number of amides is 1. The molecule has 2 aliphatic rings. The maximum Gasteiger partial charge on any atom is 0.244 e. The van der Waals surface area contributed by atoms with Gasteiger partial charge in [0.2, 0.25) is 23.8 Å². The van der Waals surface area contributed by atoms with Crippen LogP contribution in [0.25, 0.3) is 0 Å². The first-order valence-corrected chi connectivity index (χ1v) is 15.3. The SMILES string of the molecule is C#CCOCCOCCOCCNc1nc(N2CCOCC2)nc(N2CCN(C(=O)Cn3cc(CCCCN)nn3)CC2)n1. The van der Waals surface area contributed by atoms with E-state index in [4.69, 9.17) is 41.1 Å². The molecule has 2 aliphatic heterocycles. The lowest BCUT2D eigenvalue weighted by Gasteiger charge is -2.35. The van der Waals surface area contributed by atoms with Gasteiger partial charge in [-0.2, -0.15) is 15.0 Å². The molecular formula is C28H45N11O5. The number of aromatic nitrogens is 6. The lowest BCUT2D eigenvalue weighted by atomic mass is 10.2. The quantitative estimate of drug-likeness (QED) is 0.146. The normalized spacial score (nSPS) is 15.4. The molecule has 242 valence electrons. The Hall–Kier alpha value is -3.62. The number of hydrogen-bond acceptors (Lipinski definition) is 14. The molecule has 0 bridgehead atoms. The molecule has 0 saturated carbocycles. The minimum absolute atomic E-state index is 0.0118. The van der Waals surface area contributed by atoms with Crippen molar-refractivity contribution in [2.75, 3.05) is 120 Å². The van der Waals surface area contributed by atoms with Gasteiger partial charge in [0.15, 0.2) is 0 Å². The van der Waals surface area contributed by atoms with Crippen LogP contribution in [-0.2, 0) is 36.7 Å². The van der Waals surface area contributed by atoms with Crippen LogP contribution in [0.1, 0.15) is 18.5 Å². The molecule has 0 aliphatic carbocycles. The zero-order valence-electron chi connectivity index (χ0n) is 25.4. The van der Waals surface area contributed by atoms with E-state index in [1.165, 1.54) is 0 Å². The highest BCUT2D eigenvalue weighted by molar-refractivity contribution is 5.76. The minimum atomic E-state index is 0.0118. The van der Waals surface area contributed by atoms with Gasteiger partial charge in [-0.15, -0.1) is 11.5 Å². The number of carbonyl (C=O) groups excluding carboxylic acids is 1. The monoisotopic (exact) mass is 615 g/mol. The molecule has 2 aromatic heterocycles. The smallest absolute Gasteiger partial charge is 0.244 e. The summed E-state index contributed by atoms with van der Waals surface area (Å²) in [5.74, 6) is 4.09. The van der Waals surface area contributed by atoms with E-state index in [0.717, 1.165) is 25.0 Å². The number of unbranched alkanes of at least 4 members (excludes halogenated alkanes) is 1. The van der Waals surface area contributed by atoms with Gasteiger partial charge in [-0.3, -0.25) is 4.79 Å². The van der Waals surface area contributed by atoms with Crippen LogP contribution >= 0.6 is 0 Å². The molecule has 16 nitrogen and oxygen atoms in total. The van der Waals surface area contributed by atoms with Crippen LogP contribution in [0.2, 0.25) is 0 Å². The molecule has 2 saturated heterocycles. The Balaban J connectivity index is 1.25. The molecule has 4 rings (SSSR count). The largest absolute Gasteiger partial charge is 0.378 e. The molecule has 44 heavy (non-hydrogen) atoms. The Morgan fingerprint density at radius 3 is 2.32 bits per heavy atom. The molecule has 0 unspecified atom stereocenters. The summed E-state index contributed by atoms with van der Waals surface area (Å²) in [6.45, 7) is 8.97. The number of nitrogens with one attached hydrogen (secondary N) is 1. The highest BCUT2D eigenvalue weighted by Gasteiger charge is 2.25. The Bertz CT molecular complexity index is 1160. The van der Waals surface area contributed by atoms with Gasteiger partial charge in [-0.1, -0.05) is 11.1 Å². The van der Waals surface area contributed by atoms with Gasteiger partial charge in [0.1, 0.15) is 13.2 Å². The lowest BCUT2D eigenvalue weighted by molar-refractivity contribution is -0.132. The summed E-state index contributed by atoms with van der Waals surface area (Å²) in [7, 11) is 0. The van der Waals surface area contributed by atoms with Crippen molar-refractivity contribution in [3.05, 3.63) is 11.9 Å². The van der Waals surface area contributed by atoms with E-state index in [1.54, 1.807) is 4.68 Å². The Morgan fingerprint density at radius 2 is 1.61 bits per heavy atom. The predicted octanol–water partition coefficient (Wildman–Crippen LogP) is -0.975. The molecule has 0 radical (unpaired) electrons. The molecule has 0 atom stereocenters. The van der Waals surface area contributed by atoms with Gasteiger partial charge in [-0.25, -0.2) is 4.68 Å². The van der Waals surface area contributed by atoms with Crippen LogP contribution in [0.4, 0.5) is 17.8 Å². The first kappa shape index (κ1) is 33.3. The number of carbonyl (C=O) groups is 1. The second kappa shape index (κ2) is 18.9. The van der Waals surface area contributed by atoms with Crippen molar-refractivity contribution in [1.82, 2.24) is 34.8 Å². The maximum absolute atomic E-state index is 13.0. The number of nitrogens with two attached hydrogens (primary N) is 1. The van der Waals surface area contributed by atoms with E-state index >= 15 is 0 Å². The van der Waals surface area contributed by atoms with Crippen LogP contribution in [-0.4, -0.2) is 146 Å². The summed E-state index contributed by atoms with van der Waals surface area (Å²) in [5, 5.41) is 11.6. The number of rotatable bonds is 19. The van der Waals surface area contributed by atoms with Crippen LogP contribution in [0.15, 0.2) is 6.20 Å². The molecule has 0 aromatic carbocycles. The van der Waals surface area contributed by atoms with Crippen LogP contribution in [0.5, 0.6) is 0 Å². The lowest BCUT2D eigenvalue weighted by Crippen LogP contribution is -2.50. The summed E-state index contributed by atoms with van der Waals surface area (Å²) in [6, 6.07) is 0. The van der Waals surface area contributed by atoms with Gasteiger partial charge in [0.05, 0.1) is 51.9 Å². The highest BCUT2D eigenvalue weighted by atomic mass is 16.5. The third-order valence-corrected chi connectivity index (χ3v) is 7.05. The Kier molecular flexibility index (Phi) is 14.3. The molecule has 16 heteroatoms. The van der Waals surface area contributed by atoms with Crippen molar-refractivity contribution in [3.63, 3.8) is 0 Å². The molecule has 4 heterocycles. The zero-order valence-corrected chi connectivity index (χ0v) is 25.4. The van der Waals surface area contributed by atoms with E-state index in [1.807, 2.05) is 11.1 Å². The van der Waals surface area contributed by atoms with Crippen LogP contribution < -0.4 is 20.9 Å². The number of anilines is 3. The van der Waals surface area contributed by atoms with E-state index in [9.17, 15) is 4.79 Å². The van der Waals surface area contributed by atoms with Crippen molar-refractivity contribution in [1.29, 1.82) is 0 Å². The van der Waals surface area contributed by atoms with E-state index in [2.05, 4.69) is 36.3 Å². The van der Waals surface area contributed by atoms with Gasteiger partial charge >= 0.3 is 0 Å². The number of aryl methyl sites for hydroxylation is 1. The zero-order chi connectivity index (χ0) is 30.8. The van der Waals surface area contributed by atoms with Crippen molar-refractivity contribution in [2.24, 2.45) is 5.73 Å². The van der Waals surface area contributed by atoms with Gasteiger partial charge in [0, 0.05) is 52.0 Å². The molecule has 3 N–H and O–H groups in total. The Labute approximate surface area is 258 Å². The topological polar surface area (TPSA) is 171 Å². The van der Waals surface area contributed by atoms with Crippen LogP contribution in [0, 0.1) is 12.3 Å². The fourth-order valence-electron chi connectivity index (χ4n) is 4.66. The van der Waals surface area contributed by atoms with Crippen molar-refractivity contribution < 1.29 is 23.7 Å². The summed E-state index contributed by atoms with van der Waals surface area (Å²) in [5.41, 5.74) is 6.45. The standard InChI is InChI=1S/C28H45N11O5/c1-2-14-41-18-20-44-21-19-42-15-7-30-26-31-27(33-28(32-26)38-12-16-43-17-13-38)37-10-8-36(9-11-37)25(40)23-39-22-24(34-35-39)5-3-4-6-29/h1,22H,3-21,23,29H2,(H,30,31,32,33). The summed E-state index contributed by atoms with van der Waals surface area (Å²) in [4.78, 5) is 33.2. The van der Waals surface area contributed by atoms with Gasteiger partial charge in [0.25, 0.3) is 0 Å². The second-order valence-corrected chi connectivity index (χ2v) is 10.3. The van der Waals surface area contributed by atoms with Crippen LogP contribution in [0.3, 0.4) is 0 Å². The van der Waals surface area contributed by atoms with Gasteiger partial charge < -0.3 is 44.7 Å². The number of hydrogen-bond donors (Lipinski definition) is 2. The number of ether oxygens (including phenoxy) is 4. The fourth-order valence-corrected chi connectivity index (χ4v) is 4.66. The summed E-state index contributed by atoms with van der Waals surface area (Å²) < 4.78 is 23.4. The average Bonchev–Trinajstić information content (AvgIpc) is 3.51. The van der Waals surface area contributed by atoms with E-state index < -0.39 is 0 Å². The third-order valence-electron chi connectivity index (χ3n) is 7.05. The molecular weight excluding hydrogens is 570 g/mol. The number of nitrogens with zero attached hydrogens (tertiary/aromatic N) is 9. The molecule has 2 fully saturated rings. The first-order valence-electron chi connectivity index (χ1n) is 15.3. The highest BCUT2D eigenvalue weighted by Crippen LogP contribution is 2.19. The third kappa shape index (κ3) is 11.1. The maximum atomic E-state index is 13.0. The predicted molar refractivity (Wildman–Crippen MR) is 163 cm³/mol. The number of piperazine rings is 1. The van der Waals surface area contributed by atoms with E-state index in [0.29, 0.717) is 116 Å². The van der Waals surface area contributed by atoms with E-state index in [-0.39, 0.29) is 19.1 Å². The first-order chi connectivity index (χ1) is 21.7. The molecule has 0 spiro atoms. The number of morpholine rings is 1. The summed E-state index contributed by atoms with van der Waals surface area (Å²) >= 11 is 0. The minimum Gasteiger partial charge on any atom is -0.378 e. The second-order valence-electron chi connectivity index (χ2n) is 10.3. The van der Waals surface area contributed by atoms with Crippen molar-refractivity contribution in [3.8, 4) is 12.3 Å².